The van der Waals surface area contributed by atoms with Crippen LogP contribution in [0.25, 0.3) is 11.2 Å². The van der Waals surface area contributed by atoms with Gasteiger partial charge in [-0.15, -0.1) is 0 Å². The molecule has 3 rings (SSSR count). The van der Waals surface area contributed by atoms with Crippen LogP contribution in [-0.4, -0.2) is 25.0 Å². The zero-order valence-electron chi connectivity index (χ0n) is 9.67. The van der Waals surface area contributed by atoms with Crippen LogP contribution >= 0.6 is 23.4 Å². The molecule has 7 heteroatoms. The third-order valence-electron chi connectivity index (χ3n) is 2.59. The molecule has 0 bridgehead atoms. The Balaban J connectivity index is 2.03. The fraction of sp³-hybridized carbons (Fsp3) is 0.0833. The molecule has 0 aliphatic carbocycles. The number of aliphatic hydroxyl groups excluding tert-OH is 1. The molecule has 19 heavy (non-hydrogen) atoms. The number of imidazole rings is 1. The highest BCUT2D eigenvalue weighted by molar-refractivity contribution is 7.99. The molecule has 0 unspecified atom stereocenters. The van der Waals surface area contributed by atoms with Crippen molar-refractivity contribution in [3.63, 3.8) is 0 Å². The van der Waals surface area contributed by atoms with Gasteiger partial charge in [0.05, 0.1) is 12.9 Å². The van der Waals surface area contributed by atoms with Crippen LogP contribution in [0.1, 0.15) is 5.56 Å². The smallest absolute Gasteiger partial charge is 0.181 e. The van der Waals surface area contributed by atoms with Crippen molar-refractivity contribution in [2.75, 3.05) is 0 Å². The first-order valence-corrected chi connectivity index (χ1v) is 6.68. The largest absolute Gasteiger partial charge is 0.392 e. The number of hydrogen-bond donors (Lipinski definition) is 2. The molecule has 2 heterocycles. The second-order valence-electron chi connectivity index (χ2n) is 3.79. The number of nitrogens with one attached hydrogen (secondary N) is 1. The molecule has 3 aromatic rings. The van der Waals surface area contributed by atoms with Gasteiger partial charge in [0.25, 0.3) is 0 Å². The summed E-state index contributed by atoms with van der Waals surface area (Å²) in [6, 6.07) is 5.40. The molecule has 0 atom stereocenters. The number of halogens is 1. The van der Waals surface area contributed by atoms with Crippen molar-refractivity contribution in [2.45, 2.75) is 16.5 Å². The van der Waals surface area contributed by atoms with Crippen LogP contribution in [0.5, 0.6) is 0 Å². The zero-order chi connectivity index (χ0) is 13.2. The Morgan fingerprint density at radius 1 is 1.26 bits per heavy atom. The highest BCUT2D eigenvalue weighted by atomic mass is 35.5. The van der Waals surface area contributed by atoms with Gasteiger partial charge >= 0.3 is 0 Å². The van der Waals surface area contributed by atoms with Crippen molar-refractivity contribution in [2.24, 2.45) is 0 Å². The molecule has 2 aromatic heterocycles. The minimum absolute atomic E-state index is 0.0693. The molecule has 5 nitrogen and oxygen atoms in total. The van der Waals surface area contributed by atoms with E-state index in [0.717, 1.165) is 21.0 Å². The summed E-state index contributed by atoms with van der Waals surface area (Å²) >= 11 is 7.35. The summed E-state index contributed by atoms with van der Waals surface area (Å²) in [6.07, 6.45) is 3.05. The van der Waals surface area contributed by atoms with Crippen molar-refractivity contribution < 1.29 is 5.11 Å². The highest BCUT2D eigenvalue weighted by Crippen LogP contribution is 2.33. The van der Waals surface area contributed by atoms with Crippen molar-refractivity contribution in [3.05, 3.63) is 41.4 Å². The number of H-pyrrole nitrogens is 1. The van der Waals surface area contributed by atoms with Crippen LogP contribution in [-0.2, 0) is 6.61 Å². The lowest BCUT2D eigenvalue weighted by Crippen LogP contribution is -1.90. The van der Waals surface area contributed by atoms with Gasteiger partial charge in [-0.05, 0) is 23.8 Å². The Labute approximate surface area is 118 Å². The van der Waals surface area contributed by atoms with Crippen LogP contribution in [0.15, 0.2) is 40.8 Å². The normalized spacial score (nSPS) is 11.1. The molecule has 0 fully saturated rings. The summed E-state index contributed by atoms with van der Waals surface area (Å²) in [5, 5.41) is 10.7. The molecule has 0 spiro atoms. The van der Waals surface area contributed by atoms with Gasteiger partial charge in [-0.2, -0.15) is 0 Å². The first kappa shape index (κ1) is 12.4. The number of aromatic nitrogens is 4. The number of rotatable bonds is 3. The van der Waals surface area contributed by atoms with Gasteiger partial charge in [0.2, 0.25) is 0 Å². The summed E-state index contributed by atoms with van der Waals surface area (Å²) in [6.45, 7) is -0.0693. The highest BCUT2D eigenvalue weighted by Gasteiger charge is 2.10. The maximum atomic E-state index is 9.37. The third kappa shape index (κ3) is 2.42. The monoisotopic (exact) mass is 292 g/mol. The van der Waals surface area contributed by atoms with E-state index in [1.54, 1.807) is 18.5 Å². The molecule has 0 radical (unpaired) electrons. The number of aromatic amines is 1. The quantitative estimate of drug-likeness (QED) is 0.726. The molecule has 96 valence electrons. The van der Waals surface area contributed by atoms with Gasteiger partial charge in [0.1, 0.15) is 16.9 Å². The van der Waals surface area contributed by atoms with E-state index in [4.69, 9.17) is 11.6 Å². The molecule has 0 amide bonds. The van der Waals surface area contributed by atoms with E-state index in [1.165, 1.54) is 18.1 Å². The Morgan fingerprint density at radius 2 is 2.16 bits per heavy atom. The summed E-state index contributed by atoms with van der Waals surface area (Å²) in [7, 11) is 0. The van der Waals surface area contributed by atoms with Crippen LogP contribution < -0.4 is 0 Å². The molecular weight excluding hydrogens is 284 g/mol. The maximum Gasteiger partial charge on any atom is 0.181 e. The molecule has 0 saturated heterocycles. The minimum atomic E-state index is -0.0693. The average molecular weight is 293 g/mol. The number of benzene rings is 1. The molecule has 0 aliphatic heterocycles. The fourth-order valence-electron chi connectivity index (χ4n) is 1.70. The predicted molar refractivity (Wildman–Crippen MR) is 73.2 cm³/mol. The van der Waals surface area contributed by atoms with E-state index in [2.05, 4.69) is 19.9 Å². The van der Waals surface area contributed by atoms with Gasteiger partial charge < -0.3 is 10.1 Å². The van der Waals surface area contributed by atoms with E-state index >= 15 is 0 Å². The standard InChI is InChI=1S/C12H9ClN4OS/c13-8-1-2-9(7(3-8)4-18)19-12-10-11(15-5-14-10)16-6-17-12/h1-3,5-6,18H,4H2,(H,14,15,16,17). The first-order chi connectivity index (χ1) is 9.28. The van der Waals surface area contributed by atoms with Crippen LogP contribution in [0, 0.1) is 0 Å². The van der Waals surface area contributed by atoms with Crippen molar-refractivity contribution in [3.8, 4) is 0 Å². The Morgan fingerprint density at radius 3 is 3.00 bits per heavy atom. The first-order valence-electron chi connectivity index (χ1n) is 5.49. The van der Waals surface area contributed by atoms with Gasteiger partial charge in [0, 0.05) is 9.92 Å². The summed E-state index contributed by atoms with van der Waals surface area (Å²) < 4.78 is 0. The molecule has 2 N–H and O–H groups in total. The van der Waals surface area contributed by atoms with Crippen LogP contribution in [0.3, 0.4) is 0 Å². The van der Waals surface area contributed by atoms with E-state index in [1.807, 2.05) is 6.07 Å². The van der Waals surface area contributed by atoms with Crippen LogP contribution in [0.4, 0.5) is 0 Å². The van der Waals surface area contributed by atoms with Crippen molar-refractivity contribution in [1.82, 2.24) is 19.9 Å². The maximum absolute atomic E-state index is 9.37. The average Bonchev–Trinajstić information content (AvgIpc) is 2.90. The summed E-state index contributed by atoms with van der Waals surface area (Å²) in [5.41, 5.74) is 2.17. The molecule has 1 aromatic carbocycles. The molecule has 0 saturated carbocycles. The zero-order valence-corrected chi connectivity index (χ0v) is 11.2. The predicted octanol–water partition coefficient (Wildman–Crippen LogP) is 2.65. The van der Waals surface area contributed by atoms with E-state index in [9.17, 15) is 5.11 Å². The molecular formula is C12H9ClN4OS. The lowest BCUT2D eigenvalue weighted by molar-refractivity contribution is 0.279. The van der Waals surface area contributed by atoms with E-state index in [0.29, 0.717) is 10.7 Å². The second kappa shape index (κ2) is 5.16. The van der Waals surface area contributed by atoms with Gasteiger partial charge in [0.15, 0.2) is 5.65 Å². The minimum Gasteiger partial charge on any atom is -0.392 e. The van der Waals surface area contributed by atoms with Crippen LogP contribution in [0.2, 0.25) is 5.02 Å². The number of hydrogen-bond acceptors (Lipinski definition) is 5. The SMILES string of the molecule is OCc1cc(Cl)ccc1Sc1ncnc2nc[nH]c12. The Bertz CT molecular complexity index is 731. The van der Waals surface area contributed by atoms with Gasteiger partial charge in [-0.3, -0.25) is 0 Å². The Kier molecular flexibility index (Phi) is 3.37. The number of nitrogens with zero attached hydrogens (tertiary/aromatic N) is 3. The summed E-state index contributed by atoms with van der Waals surface area (Å²) in [5.74, 6) is 0. The topological polar surface area (TPSA) is 74.7 Å². The van der Waals surface area contributed by atoms with E-state index in [-0.39, 0.29) is 6.61 Å². The number of fused-ring (bicyclic) bond motifs is 1. The second-order valence-corrected chi connectivity index (χ2v) is 5.26. The third-order valence-corrected chi connectivity index (χ3v) is 3.94. The van der Waals surface area contributed by atoms with Crippen molar-refractivity contribution >= 4 is 34.5 Å². The molecule has 0 aliphatic rings. The van der Waals surface area contributed by atoms with Gasteiger partial charge in [-0.1, -0.05) is 23.4 Å². The Hall–Kier alpha value is -1.63. The van der Waals surface area contributed by atoms with E-state index < -0.39 is 0 Å². The lowest BCUT2D eigenvalue weighted by Gasteiger charge is -2.07. The fourth-order valence-corrected chi connectivity index (χ4v) is 2.84. The number of aliphatic hydroxyl groups is 1. The van der Waals surface area contributed by atoms with Gasteiger partial charge in [-0.25, -0.2) is 15.0 Å². The lowest BCUT2D eigenvalue weighted by atomic mass is 10.2. The van der Waals surface area contributed by atoms with Crippen molar-refractivity contribution in [1.29, 1.82) is 0 Å². The summed E-state index contributed by atoms with van der Waals surface area (Å²) in [4.78, 5) is 16.3.